The van der Waals surface area contributed by atoms with Gasteiger partial charge in [0.15, 0.2) is 9.84 Å². The quantitative estimate of drug-likeness (QED) is 0.848. The minimum atomic E-state index is -3.11. The number of sulfone groups is 1. The third kappa shape index (κ3) is 3.27. The minimum Gasteiger partial charge on any atom is -0.353 e. The first-order valence-corrected chi connectivity index (χ1v) is 10.7. The molecule has 1 aliphatic heterocycles. The van der Waals surface area contributed by atoms with E-state index in [2.05, 4.69) is 0 Å². The second-order valence-electron chi connectivity index (χ2n) is 4.71. The summed E-state index contributed by atoms with van der Waals surface area (Å²) in [6.07, 6.45) is 3.33. The molecular formula is C13H20N2O2S3. The fraction of sp³-hybridized carbons (Fsp3) is 0.538. The molecule has 1 atom stereocenters. The van der Waals surface area contributed by atoms with Gasteiger partial charge in [0, 0.05) is 47.0 Å². The van der Waals surface area contributed by atoms with Crippen molar-refractivity contribution in [1.82, 2.24) is 0 Å². The number of benzene rings is 1. The van der Waals surface area contributed by atoms with Crippen LogP contribution in [0, 0.1) is 0 Å². The van der Waals surface area contributed by atoms with E-state index in [-0.39, 0.29) is 0 Å². The zero-order chi connectivity index (χ0) is 14.8. The Morgan fingerprint density at radius 3 is 2.85 bits per heavy atom. The number of nitrogens with zero attached hydrogens (tertiary/aromatic N) is 1. The van der Waals surface area contributed by atoms with Crippen LogP contribution in [-0.4, -0.2) is 44.4 Å². The normalized spacial score (nSPS) is 20.1. The van der Waals surface area contributed by atoms with E-state index in [4.69, 9.17) is 5.73 Å². The highest BCUT2D eigenvalue weighted by molar-refractivity contribution is 8.01. The van der Waals surface area contributed by atoms with Gasteiger partial charge >= 0.3 is 0 Å². The molecule has 0 aliphatic carbocycles. The van der Waals surface area contributed by atoms with Crippen molar-refractivity contribution in [3.63, 3.8) is 0 Å². The van der Waals surface area contributed by atoms with Gasteiger partial charge in [-0.15, -0.1) is 11.8 Å². The van der Waals surface area contributed by atoms with Gasteiger partial charge < -0.3 is 10.6 Å². The van der Waals surface area contributed by atoms with Crippen molar-refractivity contribution >= 4 is 39.0 Å². The van der Waals surface area contributed by atoms with Crippen LogP contribution in [0.15, 0.2) is 23.1 Å². The first-order valence-electron chi connectivity index (χ1n) is 6.38. The summed E-state index contributed by atoms with van der Waals surface area (Å²) in [4.78, 5) is 3.13. The van der Waals surface area contributed by atoms with Crippen LogP contribution in [0.1, 0.15) is 5.56 Å². The van der Waals surface area contributed by atoms with Crippen LogP contribution >= 0.6 is 23.5 Å². The van der Waals surface area contributed by atoms with E-state index in [1.54, 1.807) is 23.5 Å². The molecule has 1 unspecified atom stereocenters. The van der Waals surface area contributed by atoms with Gasteiger partial charge in [-0.3, -0.25) is 0 Å². The maximum Gasteiger partial charge on any atom is 0.169 e. The van der Waals surface area contributed by atoms with Crippen molar-refractivity contribution in [3.8, 4) is 0 Å². The molecule has 0 radical (unpaired) electrons. The fourth-order valence-electron chi connectivity index (χ4n) is 2.43. The van der Waals surface area contributed by atoms with E-state index >= 15 is 0 Å². The summed E-state index contributed by atoms with van der Waals surface area (Å²) in [7, 11) is -3.11. The van der Waals surface area contributed by atoms with E-state index in [1.807, 2.05) is 29.4 Å². The van der Waals surface area contributed by atoms with E-state index in [1.165, 1.54) is 6.26 Å². The molecule has 2 rings (SSSR count). The lowest BCUT2D eigenvalue weighted by atomic mass is 10.1. The molecule has 7 heteroatoms. The average molecular weight is 333 g/mol. The predicted octanol–water partition coefficient (Wildman–Crippen LogP) is 1.79. The van der Waals surface area contributed by atoms with Crippen molar-refractivity contribution in [2.45, 2.75) is 16.8 Å². The summed E-state index contributed by atoms with van der Waals surface area (Å²) in [6, 6.07) is 5.99. The van der Waals surface area contributed by atoms with Gasteiger partial charge in [0.25, 0.3) is 0 Å². The molecule has 0 amide bonds. The number of thioether (sulfide) groups is 2. The third-order valence-electron chi connectivity index (χ3n) is 3.42. The van der Waals surface area contributed by atoms with Gasteiger partial charge in [0.05, 0.1) is 0 Å². The van der Waals surface area contributed by atoms with Crippen molar-refractivity contribution in [1.29, 1.82) is 0 Å². The molecular weight excluding hydrogens is 312 g/mol. The Balaban J connectivity index is 2.48. The largest absolute Gasteiger partial charge is 0.353 e. The highest BCUT2D eigenvalue weighted by Gasteiger charge is 2.32. The van der Waals surface area contributed by atoms with Crippen LogP contribution in [0.3, 0.4) is 0 Å². The van der Waals surface area contributed by atoms with Crippen molar-refractivity contribution in [2.75, 3.05) is 35.5 Å². The Morgan fingerprint density at radius 1 is 1.50 bits per heavy atom. The molecule has 0 aromatic heterocycles. The van der Waals surface area contributed by atoms with Crippen LogP contribution in [0.4, 0.5) is 5.69 Å². The van der Waals surface area contributed by atoms with Gasteiger partial charge in [-0.1, -0.05) is 6.07 Å². The first-order chi connectivity index (χ1) is 9.49. The predicted molar refractivity (Wildman–Crippen MR) is 89.4 cm³/mol. The molecule has 0 spiro atoms. The van der Waals surface area contributed by atoms with Gasteiger partial charge in [0.1, 0.15) is 5.37 Å². The molecule has 1 aromatic carbocycles. The maximum absolute atomic E-state index is 12.0. The van der Waals surface area contributed by atoms with E-state index in [9.17, 15) is 8.42 Å². The summed E-state index contributed by atoms with van der Waals surface area (Å²) in [5.74, 6) is 1.56. The molecule has 1 saturated heterocycles. The number of rotatable bonds is 4. The third-order valence-corrected chi connectivity index (χ3v) is 6.89. The molecule has 1 aliphatic rings. The number of hydrogen-bond acceptors (Lipinski definition) is 6. The fourth-order valence-corrected chi connectivity index (χ4v) is 5.91. The second-order valence-corrected chi connectivity index (χ2v) is 8.92. The van der Waals surface area contributed by atoms with Gasteiger partial charge in [-0.2, -0.15) is 11.8 Å². The Labute approximate surface area is 129 Å². The number of nitrogens with two attached hydrogens (primary N) is 1. The summed E-state index contributed by atoms with van der Waals surface area (Å²) >= 11 is 3.34. The smallest absolute Gasteiger partial charge is 0.169 e. The molecule has 1 aromatic rings. The van der Waals surface area contributed by atoms with Crippen LogP contribution in [0.25, 0.3) is 0 Å². The number of hydrogen-bond donors (Lipinski definition) is 1. The SMILES string of the molecule is CSc1cccc(N2CCSCC2S(C)(=O)=O)c1CN. The van der Waals surface area contributed by atoms with Crippen LogP contribution in [0.5, 0.6) is 0 Å². The van der Waals surface area contributed by atoms with E-state index in [0.29, 0.717) is 12.3 Å². The van der Waals surface area contributed by atoms with Gasteiger partial charge in [-0.05, 0) is 18.4 Å². The first kappa shape index (κ1) is 16.0. The topological polar surface area (TPSA) is 63.4 Å². The molecule has 1 fully saturated rings. The summed E-state index contributed by atoms with van der Waals surface area (Å²) < 4.78 is 24.1. The highest BCUT2D eigenvalue weighted by Crippen LogP contribution is 2.33. The lowest BCUT2D eigenvalue weighted by molar-refractivity contribution is 0.584. The lowest BCUT2D eigenvalue weighted by Crippen LogP contribution is -2.47. The Morgan fingerprint density at radius 2 is 2.25 bits per heavy atom. The Bertz CT molecular complexity index is 575. The van der Waals surface area contributed by atoms with Crippen LogP contribution in [-0.2, 0) is 16.4 Å². The highest BCUT2D eigenvalue weighted by atomic mass is 32.2. The maximum atomic E-state index is 12.0. The molecule has 0 saturated carbocycles. The molecule has 2 N–H and O–H groups in total. The molecule has 112 valence electrons. The number of anilines is 1. The van der Waals surface area contributed by atoms with Gasteiger partial charge in [0.2, 0.25) is 0 Å². The molecule has 0 bridgehead atoms. The summed E-state index contributed by atoms with van der Waals surface area (Å²) in [5.41, 5.74) is 7.90. The Hall–Kier alpha value is -0.370. The summed E-state index contributed by atoms with van der Waals surface area (Å²) in [5, 5.41) is -0.455. The lowest BCUT2D eigenvalue weighted by Gasteiger charge is -2.37. The zero-order valence-corrected chi connectivity index (χ0v) is 14.2. The molecule has 20 heavy (non-hydrogen) atoms. The standard InChI is InChI=1S/C13H20N2O2S3/c1-18-12-5-3-4-11(10(12)8-14)15-6-7-19-9-13(15)20(2,16)17/h3-5,13H,6-9,14H2,1-2H3. The summed E-state index contributed by atoms with van der Waals surface area (Å²) in [6.45, 7) is 1.17. The minimum absolute atomic E-state index is 0.423. The van der Waals surface area contributed by atoms with Crippen molar-refractivity contribution < 1.29 is 8.42 Å². The molecule has 4 nitrogen and oxygen atoms in total. The van der Waals surface area contributed by atoms with Crippen molar-refractivity contribution in [3.05, 3.63) is 23.8 Å². The second kappa shape index (κ2) is 6.60. The Kier molecular flexibility index (Phi) is 5.28. The van der Waals surface area contributed by atoms with Crippen molar-refractivity contribution in [2.24, 2.45) is 5.73 Å². The molecule has 1 heterocycles. The van der Waals surface area contributed by atoms with Crippen LogP contribution in [0.2, 0.25) is 0 Å². The average Bonchev–Trinajstić information content (AvgIpc) is 2.45. The van der Waals surface area contributed by atoms with Crippen LogP contribution < -0.4 is 10.6 Å². The monoisotopic (exact) mass is 332 g/mol. The zero-order valence-electron chi connectivity index (χ0n) is 11.7. The van der Waals surface area contributed by atoms with E-state index < -0.39 is 15.2 Å². The van der Waals surface area contributed by atoms with E-state index in [0.717, 1.165) is 28.4 Å². The van der Waals surface area contributed by atoms with Gasteiger partial charge in [-0.25, -0.2) is 8.42 Å².